The zero-order valence-electron chi connectivity index (χ0n) is 17.1. The van der Waals surface area contributed by atoms with Crippen molar-refractivity contribution in [2.75, 3.05) is 18.6 Å². The number of likely N-dealkylation sites (N-methyl/N-ethyl adjacent to an activating group) is 1. The van der Waals surface area contributed by atoms with Crippen LogP contribution in [0.1, 0.15) is 31.9 Å². The van der Waals surface area contributed by atoms with Gasteiger partial charge in [-0.15, -0.1) is 0 Å². The molecule has 2 aromatic carbocycles. The molecule has 0 saturated heterocycles. The molecule has 0 saturated carbocycles. The predicted molar refractivity (Wildman–Crippen MR) is 114 cm³/mol. The number of benzene rings is 2. The third kappa shape index (κ3) is 3.23. The molecule has 0 aromatic heterocycles. The minimum Gasteiger partial charge on any atom is -0.493 e. The first-order valence-corrected chi connectivity index (χ1v) is 9.72. The molecule has 5 heteroatoms. The smallest absolute Gasteiger partial charge is 0.363 e. The summed E-state index contributed by atoms with van der Waals surface area (Å²) in [5, 5.41) is 0. The van der Waals surface area contributed by atoms with Crippen LogP contribution in [0.5, 0.6) is 5.75 Å². The Balaban J connectivity index is 1.69. The van der Waals surface area contributed by atoms with Gasteiger partial charge in [0.25, 0.3) is 0 Å². The maximum atomic E-state index is 12.4. The summed E-state index contributed by atoms with van der Waals surface area (Å²) in [6, 6.07) is 15.8. The summed E-state index contributed by atoms with van der Waals surface area (Å²) >= 11 is 0. The SMILES string of the molecule is CCOc1ccccc1C1=NC(=CC=C2N(C)c3ccccc3C2(C)C)C(=O)O1. The summed E-state index contributed by atoms with van der Waals surface area (Å²) < 4.78 is 11.1. The summed E-state index contributed by atoms with van der Waals surface area (Å²) in [6.45, 7) is 6.79. The Kier molecular flexibility index (Phi) is 4.74. The quantitative estimate of drug-likeness (QED) is 0.568. The highest BCUT2D eigenvalue weighted by Gasteiger charge is 2.38. The van der Waals surface area contributed by atoms with E-state index < -0.39 is 5.97 Å². The molecule has 0 unspecified atom stereocenters. The summed E-state index contributed by atoms with van der Waals surface area (Å²) in [5.41, 5.74) is 4.31. The Morgan fingerprint density at radius 1 is 1.10 bits per heavy atom. The number of nitrogens with zero attached hydrogens (tertiary/aromatic N) is 2. The van der Waals surface area contributed by atoms with Crippen LogP contribution in [0.15, 0.2) is 77.1 Å². The van der Waals surface area contributed by atoms with E-state index in [1.165, 1.54) is 11.3 Å². The van der Waals surface area contributed by atoms with E-state index >= 15 is 0 Å². The van der Waals surface area contributed by atoms with Gasteiger partial charge >= 0.3 is 5.97 Å². The summed E-state index contributed by atoms with van der Waals surface area (Å²) in [4.78, 5) is 19.0. The van der Waals surface area contributed by atoms with Gasteiger partial charge in [-0.1, -0.05) is 44.2 Å². The second-order valence-electron chi connectivity index (χ2n) is 7.54. The van der Waals surface area contributed by atoms with E-state index in [2.05, 4.69) is 41.9 Å². The number of cyclic esters (lactones) is 1. The van der Waals surface area contributed by atoms with Gasteiger partial charge in [0.1, 0.15) is 5.75 Å². The number of anilines is 1. The van der Waals surface area contributed by atoms with Crippen LogP contribution in [-0.4, -0.2) is 25.5 Å². The van der Waals surface area contributed by atoms with Crippen LogP contribution in [0.3, 0.4) is 0 Å². The van der Waals surface area contributed by atoms with Gasteiger partial charge in [-0.25, -0.2) is 9.79 Å². The third-order valence-electron chi connectivity index (χ3n) is 5.38. The predicted octanol–water partition coefficient (Wildman–Crippen LogP) is 4.58. The molecule has 148 valence electrons. The number of carbonyl (C=O) groups excluding carboxylic acids is 1. The van der Waals surface area contributed by atoms with Gasteiger partial charge in [-0.3, -0.25) is 0 Å². The normalized spacial score (nSPS) is 20.1. The molecule has 0 bridgehead atoms. The highest BCUT2D eigenvalue weighted by molar-refractivity contribution is 6.12. The second kappa shape index (κ2) is 7.24. The Bertz CT molecular complexity index is 1060. The summed E-state index contributed by atoms with van der Waals surface area (Å²) in [7, 11) is 2.04. The molecule has 4 rings (SSSR count). The molecule has 0 amide bonds. The van der Waals surface area contributed by atoms with Crippen molar-refractivity contribution in [2.45, 2.75) is 26.2 Å². The van der Waals surface area contributed by atoms with Crippen LogP contribution < -0.4 is 9.64 Å². The third-order valence-corrected chi connectivity index (χ3v) is 5.38. The van der Waals surface area contributed by atoms with Crippen LogP contribution >= 0.6 is 0 Å². The number of carbonyl (C=O) groups is 1. The number of fused-ring (bicyclic) bond motifs is 1. The number of hydrogen-bond donors (Lipinski definition) is 0. The van der Waals surface area contributed by atoms with Gasteiger partial charge in [0.05, 0.1) is 12.2 Å². The molecule has 0 radical (unpaired) electrons. The first-order valence-electron chi connectivity index (χ1n) is 9.72. The molecule has 5 nitrogen and oxygen atoms in total. The number of esters is 1. The molecule has 0 N–H and O–H groups in total. The fraction of sp³-hybridized carbons (Fsp3) is 0.250. The molecule has 0 fully saturated rings. The topological polar surface area (TPSA) is 51.1 Å². The zero-order valence-corrected chi connectivity index (χ0v) is 17.1. The monoisotopic (exact) mass is 388 g/mol. The van der Waals surface area contributed by atoms with Crippen molar-refractivity contribution < 1.29 is 14.3 Å². The molecular formula is C24H24N2O3. The number of para-hydroxylation sites is 2. The molecular weight excluding hydrogens is 364 g/mol. The van der Waals surface area contributed by atoms with Gasteiger partial charge in [0.2, 0.25) is 5.90 Å². The van der Waals surface area contributed by atoms with Crippen LogP contribution in [0.25, 0.3) is 0 Å². The molecule has 0 spiro atoms. The van der Waals surface area contributed by atoms with Crippen molar-refractivity contribution in [3.63, 3.8) is 0 Å². The summed E-state index contributed by atoms with van der Waals surface area (Å²) in [6.07, 6.45) is 3.69. The Morgan fingerprint density at radius 2 is 1.83 bits per heavy atom. The van der Waals surface area contributed by atoms with Crippen LogP contribution in [0.2, 0.25) is 0 Å². The molecule has 2 heterocycles. The average Bonchev–Trinajstić information content (AvgIpc) is 3.17. The second-order valence-corrected chi connectivity index (χ2v) is 7.54. The zero-order chi connectivity index (χ0) is 20.6. The molecule has 29 heavy (non-hydrogen) atoms. The van der Waals surface area contributed by atoms with Crippen molar-refractivity contribution in [3.05, 3.63) is 83.2 Å². The first kappa shape index (κ1) is 19.0. The van der Waals surface area contributed by atoms with E-state index in [0.717, 1.165) is 5.70 Å². The van der Waals surface area contributed by atoms with Gasteiger partial charge in [-0.2, -0.15) is 0 Å². The highest BCUT2D eigenvalue weighted by atomic mass is 16.6. The summed E-state index contributed by atoms with van der Waals surface area (Å²) in [5.74, 6) is 0.457. The Labute approximate surface area is 171 Å². The standard InChI is InChI=1S/C24H24N2O3/c1-5-28-20-13-9-6-10-16(20)22-25-18(23(27)29-22)14-15-21-24(2,3)17-11-7-8-12-19(17)26(21)4/h6-15H,5H2,1-4H3. The number of aliphatic imine (C=N–C) groups is 1. The van der Waals surface area contributed by atoms with Crippen molar-refractivity contribution in [1.82, 2.24) is 0 Å². The van der Waals surface area contributed by atoms with E-state index in [4.69, 9.17) is 9.47 Å². The van der Waals surface area contributed by atoms with E-state index in [-0.39, 0.29) is 17.0 Å². The van der Waals surface area contributed by atoms with Crippen molar-refractivity contribution in [2.24, 2.45) is 4.99 Å². The van der Waals surface area contributed by atoms with E-state index in [1.807, 2.05) is 50.4 Å². The lowest BCUT2D eigenvalue weighted by molar-refractivity contribution is -0.130. The van der Waals surface area contributed by atoms with Crippen molar-refractivity contribution in [1.29, 1.82) is 0 Å². The highest BCUT2D eigenvalue weighted by Crippen LogP contribution is 2.46. The minimum atomic E-state index is -0.459. The lowest BCUT2D eigenvalue weighted by Gasteiger charge is -2.23. The van der Waals surface area contributed by atoms with E-state index in [1.54, 1.807) is 6.08 Å². The number of hydrogen-bond acceptors (Lipinski definition) is 5. The van der Waals surface area contributed by atoms with Crippen molar-refractivity contribution >= 4 is 17.6 Å². The van der Waals surface area contributed by atoms with E-state index in [0.29, 0.717) is 17.9 Å². The number of rotatable bonds is 4. The van der Waals surface area contributed by atoms with Crippen LogP contribution in [-0.2, 0) is 14.9 Å². The van der Waals surface area contributed by atoms with Gasteiger partial charge in [0, 0.05) is 23.8 Å². The van der Waals surface area contributed by atoms with E-state index in [9.17, 15) is 4.79 Å². The lowest BCUT2D eigenvalue weighted by Crippen LogP contribution is -2.22. The molecule has 0 aliphatic carbocycles. The molecule has 2 aromatic rings. The fourth-order valence-electron chi connectivity index (χ4n) is 3.92. The van der Waals surface area contributed by atoms with Gasteiger partial charge in [0.15, 0.2) is 5.70 Å². The van der Waals surface area contributed by atoms with Crippen LogP contribution in [0, 0.1) is 0 Å². The molecule has 0 atom stereocenters. The van der Waals surface area contributed by atoms with Crippen LogP contribution in [0.4, 0.5) is 5.69 Å². The molecule has 2 aliphatic heterocycles. The Hall–Kier alpha value is -3.34. The fourth-order valence-corrected chi connectivity index (χ4v) is 3.92. The van der Waals surface area contributed by atoms with Gasteiger partial charge < -0.3 is 14.4 Å². The lowest BCUT2D eigenvalue weighted by atomic mass is 9.84. The Morgan fingerprint density at radius 3 is 2.59 bits per heavy atom. The number of ether oxygens (including phenoxy) is 2. The minimum absolute atomic E-state index is 0.168. The average molecular weight is 388 g/mol. The number of allylic oxidation sites excluding steroid dienone is 3. The maximum Gasteiger partial charge on any atom is 0.363 e. The van der Waals surface area contributed by atoms with Gasteiger partial charge in [-0.05, 0) is 42.8 Å². The maximum absolute atomic E-state index is 12.4. The first-order chi connectivity index (χ1) is 13.9. The molecule has 2 aliphatic rings. The van der Waals surface area contributed by atoms with Crippen molar-refractivity contribution in [3.8, 4) is 5.75 Å². The largest absolute Gasteiger partial charge is 0.493 e.